The second-order valence-electron chi connectivity index (χ2n) is 19.9. The number of aromatic nitrogens is 2. The second-order valence-corrected chi connectivity index (χ2v) is 19.9. The van der Waals surface area contributed by atoms with Crippen LogP contribution in [0.25, 0.3) is 22.4 Å². The van der Waals surface area contributed by atoms with Crippen LogP contribution in [-0.4, -0.2) is 98.2 Å². The number of halogens is 1. The third-order valence-corrected chi connectivity index (χ3v) is 15.6. The number of hydrogen-bond donors (Lipinski definition) is 2. The maximum atomic E-state index is 16.0. The Labute approximate surface area is 420 Å². The Bertz CT molecular complexity index is 3100. The number of fused-ring (bicyclic) bond motifs is 2. The largest absolute Gasteiger partial charge is 0.508 e. The highest BCUT2D eigenvalue weighted by molar-refractivity contribution is 6.14. The maximum absolute atomic E-state index is 16.0. The number of phenols is 1. The standard InChI is InChI=1S/C58H62FN7O6/c1-36-49(30-44(32-60)62(36)3)55-54(57(69)61-43-13-15-46(67)16-14-43)37(2)63(4)56(55)50-27-39-18-23-65(53(68)29-40-12-17-48(31-52(40)59)72-25-20-47-19-24-71-47)33-42(39)28-51(50)58(70)66-34-41-11-7-6-10-38(41)26-45(66)35-64-21-8-5-9-22-64/h6-7,10-17,27-28,30-31,45,47,67H,5,8-9,18-26,29,33-35H2,1-4H3,(H,61,69)/t45-,47?/m0/s1. The number of ether oxygens (including phenoxy) is 2. The van der Waals surface area contributed by atoms with Crippen LogP contribution in [0.15, 0.2) is 84.9 Å². The molecule has 0 bridgehead atoms. The van der Waals surface area contributed by atoms with Gasteiger partial charge < -0.3 is 43.7 Å². The summed E-state index contributed by atoms with van der Waals surface area (Å²) in [4.78, 5) is 51.2. The minimum Gasteiger partial charge on any atom is -0.508 e. The fourth-order valence-corrected chi connectivity index (χ4v) is 11.1. The number of carbonyl (C=O) groups excluding carboxylic acids is 3. The van der Waals surface area contributed by atoms with E-state index in [2.05, 4.69) is 40.6 Å². The predicted molar refractivity (Wildman–Crippen MR) is 273 cm³/mol. The van der Waals surface area contributed by atoms with Crippen LogP contribution < -0.4 is 10.1 Å². The van der Waals surface area contributed by atoms with Crippen molar-refractivity contribution in [3.05, 3.63) is 147 Å². The first-order valence-electron chi connectivity index (χ1n) is 25.3. The summed E-state index contributed by atoms with van der Waals surface area (Å²) in [6.45, 7) is 8.71. The highest BCUT2D eigenvalue weighted by Gasteiger charge is 2.37. The smallest absolute Gasteiger partial charge is 0.258 e. The van der Waals surface area contributed by atoms with Crippen LogP contribution in [0.2, 0.25) is 0 Å². The van der Waals surface area contributed by atoms with Crippen molar-refractivity contribution in [2.24, 2.45) is 14.1 Å². The molecule has 1 unspecified atom stereocenters. The average molecular weight is 972 g/mol. The zero-order chi connectivity index (χ0) is 50.2. The molecule has 4 aromatic carbocycles. The third-order valence-electron chi connectivity index (χ3n) is 15.6. The van der Waals surface area contributed by atoms with E-state index in [4.69, 9.17) is 9.47 Å². The van der Waals surface area contributed by atoms with Crippen molar-refractivity contribution in [2.45, 2.75) is 90.4 Å². The predicted octanol–water partition coefficient (Wildman–Crippen LogP) is 9.02. The molecule has 0 radical (unpaired) electrons. The monoisotopic (exact) mass is 971 g/mol. The van der Waals surface area contributed by atoms with Crippen LogP contribution >= 0.6 is 0 Å². The molecule has 6 heterocycles. The van der Waals surface area contributed by atoms with Gasteiger partial charge in [-0.05, 0) is 135 Å². The van der Waals surface area contributed by atoms with Crippen LogP contribution in [0.4, 0.5) is 10.1 Å². The number of carbonyl (C=O) groups is 3. The van der Waals surface area contributed by atoms with Gasteiger partial charge in [-0.15, -0.1) is 0 Å². The summed E-state index contributed by atoms with van der Waals surface area (Å²) in [6.07, 6.45) is 6.42. The summed E-state index contributed by atoms with van der Waals surface area (Å²) in [5, 5.41) is 23.4. The fourth-order valence-electron chi connectivity index (χ4n) is 11.1. The van der Waals surface area contributed by atoms with E-state index in [1.54, 1.807) is 35.2 Å². The van der Waals surface area contributed by atoms with Gasteiger partial charge in [0.2, 0.25) is 5.91 Å². The first kappa shape index (κ1) is 48.4. The van der Waals surface area contributed by atoms with E-state index in [-0.39, 0.29) is 54.1 Å². The molecule has 0 spiro atoms. The van der Waals surface area contributed by atoms with Gasteiger partial charge in [0.05, 0.1) is 30.4 Å². The van der Waals surface area contributed by atoms with Gasteiger partial charge in [0.25, 0.3) is 11.8 Å². The molecule has 372 valence electrons. The van der Waals surface area contributed by atoms with Gasteiger partial charge in [0.15, 0.2) is 0 Å². The lowest BCUT2D eigenvalue weighted by Gasteiger charge is -2.41. The van der Waals surface area contributed by atoms with E-state index in [0.29, 0.717) is 88.9 Å². The normalized spacial score (nSPS) is 17.7. The first-order valence-corrected chi connectivity index (χ1v) is 25.3. The molecule has 6 aromatic rings. The summed E-state index contributed by atoms with van der Waals surface area (Å²) in [5.74, 6) is -0.785. The molecule has 2 saturated heterocycles. The molecule has 2 N–H and O–H groups in total. The van der Waals surface area contributed by atoms with Crippen molar-refractivity contribution in [1.29, 1.82) is 5.26 Å². The zero-order valence-electron chi connectivity index (χ0n) is 41.6. The summed E-state index contributed by atoms with van der Waals surface area (Å²) in [6, 6.07) is 27.3. The van der Waals surface area contributed by atoms with Gasteiger partial charge in [-0.3, -0.25) is 14.4 Å². The number of anilines is 1. The van der Waals surface area contributed by atoms with Gasteiger partial charge in [-0.25, -0.2) is 4.39 Å². The SMILES string of the molecule is Cc1c(-c2c(C(=O)Nc3ccc(O)cc3)c(C)n(C)c2-c2cc3c(cc2C(=O)N2Cc4ccccc4C[C@H]2CN2CCCCC2)CN(C(=O)Cc2ccc(OCCC4CCO4)cc2F)CC3)cc(C#N)n1C. The molecule has 2 atom stereocenters. The number of aromatic hydroxyl groups is 1. The van der Waals surface area contributed by atoms with E-state index in [1.807, 2.05) is 54.1 Å². The molecule has 0 saturated carbocycles. The van der Waals surface area contributed by atoms with Crippen LogP contribution in [0.1, 0.15) is 97.7 Å². The van der Waals surface area contributed by atoms with Crippen molar-refractivity contribution >= 4 is 23.4 Å². The van der Waals surface area contributed by atoms with E-state index in [1.165, 1.54) is 30.2 Å². The van der Waals surface area contributed by atoms with E-state index < -0.39 is 5.82 Å². The van der Waals surface area contributed by atoms with Gasteiger partial charge in [0, 0.05) is 105 Å². The molecule has 4 aliphatic rings. The number of hydrogen-bond acceptors (Lipinski definition) is 8. The van der Waals surface area contributed by atoms with E-state index >= 15 is 9.18 Å². The number of benzene rings is 4. The molecule has 10 rings (SSSR count). The van der Waals surface area contributed by atoms with Crippen molar-refractivity contribution in [3.63, 3.8) is 0 Å². The minimum atomic E-state index is -0.502. The Morgan fingerprint density at radius 1 is 0.861 bits per heavy atom. The summed E-state index contributed by atoms with van der Waals surface area (Å²) in [5.41, 5.74) is 10.1. The number of nitrogens with one attached hydrogen (secondary N) is 1. The van der Waals surface area contributed by atoms with Crippen LogP contribution in [-0.2, 0) is 56.0 Å². The molecular weight excluding hydrogens is 910 g/mol. The summed E-state index contributed by atoms with van der Waals surface area (Å²) < 4.78 is 30.6. The van der Waals surface area contributed by atoms with E-state index in [0.717, 1.165) is 74.3 Å². The van der Waals surface area contributed by atoms with E-state index in [9.17, 15) is 20.0 Å². The Balaban J connectivity index is 1.06. The molecule has 14 heteroatoms. The number of rotatable bonds is 13. The van der Waals surface area contributed by atoms with Crippen LogP contribution in [0.5, 0.6) is 11.5 Å². The Morgan fingerprint density at radius 3 is 2.33 bits per heavy atom. The fraction of sp³-hybridized carbons (Fsp3) is 0.379. The highest BCUT2D eigenvalue weighted by Crippen LogP contribution is 2.44. The van der Waals surface area contributed by atoms with Crippen molar-refractivity contribution in [2.75, 3.05) is 44.7 Å². The molecule has 2 fully saturated rings. The van der Waals surface area contributed by atoms with Gasteiger partial charge in [0.1, 0.15) is 29.1 Å². The van der Waals surface area contributed by atoms with Crippen molar-refractivity contribution in [1.82, 2.24) is 23.8 Å². The first-order chi connectivity index (χ1) is 34.8. The number of amides is 3. The molecule has 3 amide bonds. The highest BCUT2D eigenvalue weighted by atomic mass is 19.1. The lowest BCUT2D eigenvalue weighted by Crippen LogP contribution is -2.51. The van der Waals surface area contributed by atoms with Gasteiger partial charge in [-0.2, -0.15) is 5.26 Å². The maximum Gasteiger partial charge on any atom is 0.258 e. The second kappa shape index (κ2) is 20.5. The number of likely N-dealkylation sites (tertiary alicyclic amines) is 1. The number of nitriles is 1. The third kappa shape index (κ3) is 9.63. The summed E-state index contributed by atoms with van der Waals surface area (Å²) in [7, 11) is 3.73. The summed E-state index contributed by atoms with van der Waals surface area (Å²) >= 11 is 0. The number of nitrogens with zero attached hydrogens (tertiary/aromatic N) is 6. The number of phenolic OH excluding ortho intramolecular Hbond substituents is 1. The topological polar surface area (TPSA) is 145 Å². The molecule has 2 aromatic heterocycles. The van der Waals surface area contributed by atoms with Crippen LogP contribution in [0, 0.1) is 31.0 Å². The Hall–Kier alpha value is -7.21. The van der Waals surface area contributed by atoms with Gasteiger partial charge >= 0.3 is 0 Å². The van der Waals surface area contributed by atoms with Crippen molar-refractivity contribution < 1.29 is 33.4 Å². The minimum absolute atomic E-state index is 0.0684. The van der Waals surface area contributed by atoms with Gasteiger partial charge in [-0.1, -0.05) is 36.8 Å². The Kier molecular flexibility index (Phi) is 13.8. The molecule has 13 nitrogen and oxygen atoms in total. The molecular formula is C58H62FN7O6. The molecule has 72 heavy (non-hydrogen) atoms. The lowest BCUT2D eigenvalue weighted by atomic mass is 9.87. The molecule has 0 aliphatic carbocycles. The Morgan fingerprint density at radius 2 is 1.62 bits per heavy atom. The zero-order valence-corrected chi connectivity index (χ0v) is 41.6. The molecule has 4 aliphatic heterocycles. The quantitative estimate of drug-likeness (QED) is 0.109. The van der Waals surface area contributed by atoms with Crippen molar-refractivity contribution in [3.8, 4) is 40.0 Å². The lowest BCUT2D eigenvalue weighted by molar-refractivity contribution is -0.131. The van der Waals surface area contributed by atoms with Crippen LogP contribution in [0.3, 0.4) is 0 Å². The average Bonchev–Trinajstić information content (AvgIpc) is 3.81. The number of piperidine rings is 1.